The highest BCUT2D eigenvalue weighted by molar-refractivity contribution is 5.54. The molecule has 2 heteroatoms. The number of rotatable bonds is 2. The van der Waals surface area contributed by atoms with E-state index in [1.165, 1.54) is 5.36 Å². The van der Waals surface area contributed by atoms with Crippen molar-refractivity contribution in [1.29, 1.82) is 0 Å². The van der Waals surface area contributed by atoms with Gasteiger partial charge in [-0.15, -0.1) is 0 Å². The van der Waals surface area contributed by atoms with Crippen LogP contribution in [0.1, 0.15) is 23.0 Å². The number of nitrogens with zero attached hydrogens (tertiary/aromatic N) is 1. The van der Waals surface area contributed by atoms with Gasteiger partial charge in [0.1, 0.15) is 13.2 Å². The zero-order valence-corrected chi connectivity index (χ0v) is 11.0. The predicted molar refractivity (Wildman–Crippen MR) is 76.7 cm³/mol. The summed E-state index contributed by atoms with van der Waals surface area (Å²) in [6.45, 7) is 3.78. The van der Waals surface area contributed by atoms with Crippen LogP contribution in [0.2, 0.25) is 0 Å². The van der Waals surface area contributed by atoms with Crippen LogP contribution in [0.4, 0.5) is 0 Å². The minimum atomic E-state index is 0.496. The van der Waals surface area contributed by atoms with Crippen LogP contribution in [0.3, 0.4) is 0 Å². The lowest BCUT2D eigenvalue weighted by Crippen LogP contribution is -2.37. The molecule has 1 aliphatic heterocycles. The Morgan fingerprint density at radius 2 is 1.26 bits per heavy atom. The van der Waals surface area contributed by atoms with Gasteiger partial charge in [-0.25, -0.2) is 4.58 Å². The summed E-state index contributed by atoms with van der Waals surface area (Å²) >= 11 is 0. The van der Waals surface area contributed by atoms with Crippen LogP contribution in [-0.2, 0) is 4.74 Å². The summed E-state index contributed by atoms with van der Waals surface area (Å²) in [5.74, 6) is 0.991. The summed E-state index contributed by atoms with van der Waals surface area (Å²) in [7, 11) is 0. The molecule has 1 fully saturated rings. The largest absolute Gasteiger partial charge is 0.368 e. The molecule has 1 aromatic rings. The first-order valence-corrected chi connectivity index (χ1v) is 7.09. The molecule has 1 aromatic carbocycles. The Hall–Kier alpha value is -1.67. The SMILES string of the molecule is C1=CC(c2c(C3C=CC=C3)c2=[N+]2CCOCC2)C=C1. The molecule has 0 atom stereocenters. The summed E-state index contributed by atoms with van der Waals surface area (Å²) in [6.07, 6.45) is 17.8. The van der Waals surface area contributed by atoms with Gasteiger partial charge in [0.2, 0.25) is 5.36 Å². The number of hydrogen-bond donors (Lipinski definition) is 0. The van der Waals surface area contributed by atoms with E-state index in [1.54, 1.807) is 11.1 Å². The number of hydrogen-bond acceptors (Lipinski definition) is 1. The van der Waals surface area contributed by atoms with Gasteiger partial charge < -0.3 is 4.74 Å². The predicted octanol–water partition coefficient (Wildman–Crippen LogP) is 1.78. The number of ether oxygens (including phenoxy) is 1. The van der Waals surface area contributed by atoms with Crippen LogP contribution >= 0.6 is 0 Å². The quantitative estimate of drug-likeness (QED) is 0.731. The molecule has 1 heterocycles. The topological polar surface area (TPSA) is 12.2 Å². The van der Waals surface area contributed by atoms with Gasteiger partial charge in [-0.05, 0) is 0 Å². The average molecular weight is 252 g/mol. The maximum absolute atomic E-state index is 5.47. The Bertz CT molecular complexity index is 560. The van der Waals surface area contributed by atoms with Crippen molar-refractivity contribution in [3.63, 3.8) is 0 Å². The van der Waals surface area contributed by atoms with E-state index < -0.39 is 0 Å². The van der Waals surface area contributed by atoms with Crippen LogP contribution in [-0.4, -0.2) is 26.3 Å². The van der Waals surface area contributed by atoms with Gasteiger partial charge in [0.05, 0.1) is 0 Å². The molecule has 0 bridgehead atoms. The normalized spacial score (nSPS) is 23.5. The molecular weight excluding hydrogens is 234 g/mol. The summed E-state index contributed by atoms with van der Waals surface area (Å²) < 4.78 is 7.98. The smallest absolute Gasteiger partial charge is 0.209 e. The standard InChI is InChI=1S/C17H18NO/c1-2-6-13(5-1)15-16(14-7-3-4-8-14)17(15)18-9-11-19-12-10-18/h1-8,13-14H,9-12H2/q+1. The van der Waals surface area contributed by atoms with Crippen molar-refractivity contribution in [2.45, 2.75) is 11.8 Å². The Morgan fingerprint density at radius 3 is 1.74 bits per heavy atom. The molecule has 0 radical (unpaired) electrons. The molecule has 0 unspecified atom stereocenters. The van der Waals surface area contributed by atoms with Gasteiger partial charge in [0.15, 0.2) is 13.1 Å². The molecule has 0 amide bonds. The molecule has 3 aliphatic rings. The van der Waals surface area contributed by atoms with Crippen LogP contribution in [0.15, 0.2) is 48.6 Å². The second-order valence-electron chi connectivity index (χ2n) is 5.37. The van der Waals surface area contributed by atoms with Gasteiger partial charge in [-0.3, -0.25) is 0 Å². The van der Waals surface area contributed by atoms with E-state index in [9.17, 15) is 0 Å². The minimum absolute atomic E-state index is 0.496. The van der Waals surface area contributed by atoms with E-state index in [2.05, 4.69) is 53.2 Å². The lowest BCUT2D eigenvalue weighted by Gasteiger charge is -2.09. The van der Waals surface area contributed by atoms with Gasteiger partial charge in [0.25, 0.3) is 0 Å². The third-order valence-electron chi connectivity index (χ3n) is 4.23. The molecule has 19 heavy (non-hydrogen) atoms. The molecule has 2 aliphatic carbocycles. The first kappa shape index (κ1) is 11.2. The van der Waals surface area contributed by atoms with Crippen LogP contribution in [0, 0.1) is 0 Å². The average Bonchev–Trinajstić information content (AvgIpc) is 2.92. The number of morpholine rings is 1. The second kappa shape index (κ2) is 4.46. The molecule has 0 N–H and O–H groups in total. The van der Waals surface area contributed by atoms with Gasteiger partial charge in [0, 0.05) is 23.0 Å². The summed E-state index contributed by atoms with van der Waals surface area (Å²) in [4.78, 5) is 0. The molecule has 2 nitrogen and oxygen atoms in total. The zero-order valence-electron chi connectivity index (χ0n) is 11.0. The molecular formula is C17H18NO+. The highest BCUT2D eigenvalue weighted by atomic mass is 16.5. The van der Waals surface area contributed by atoms with E-state index in [1.807, 2.05) is 0 Å². The Kier molecular flexibility index (Phi) is 2.63. The fraction of sp³-hybridized carbons (Fsp3) is 0.353. The first-order chi connectivity index (χ1) is 9.45. The Labute approximate surface area is 113 Å². The second-order valence-corrected chi connectivity index (χ2v) is 5.37. The maximum atomic E-state index is 5.47. The van der Waals surface area contributed by atoms with E-state index in [0.29, 0.717) is 11.8 Å². The minimum Gasteiger partial charge on any atom is -0.368 e. The third kappa shape index (κ3) is 1.87. The summed E-state index contributed by atoms with van der Waals surface area (Å²) in [5, 5.41) is 1.51. The van der Waals surface area contributed by atoms with Gasteiger partial charge in [-0.1, -0.05) is 48.6 Å². The van der Waals surface area contributed by atoms with Crippen molar-refractivity contribution in [2.75, 3.05) is 26.3 Å². The first-order valence-electron chi connectivity index (χ1n) is 7.09. The van der Waals surface area contributed by atoms with E-state index >= 15 is 0 Å². The van der Waals surface area contributed by atoms with E-state index in [0.717, 1.165) is 26.3 Å². The maximum Gasteiger partial charge on any atom is 0.209 e. The van der Waals surface area contributed by atoms with Gasteiger partial charge >= 0.3 is 0 Å². The molecule has 0 aromatic heterocycles. The van der Waals surface area contributed by atoms with Gasteiger partial charge in [-0.2, -0.15) is 0 Å². The van der Waals surface area contributed by atoms with Crippen molar-refractivity contribution >= 4 is 0 Å². The van der Waals surface area contributed by atoms with E-state index in [4.69, 9.17) is 4.74 Å². The lowest BCUT2D eigenvalue weighted by molar-refractivity contribution is 0.0969. The van der Waals surface area contributed by atoms with E-state index in [-0.39, 0.29) is 0 Å². The fourth-order valence-corrected chi connectivity index (χ4v) is 3.26. The highest BCUT2D eigenvalue weighted by Gasteiger charge is 2.36. The van der Waals surface area contributed by atoms with Crippen molar-refractivity contribution < 1.29 is 4.74 Å². The van der Waals surface area contributed by atoms with Crippen molar-refractivity contribution in [2.24, 2.45) is 0 Å². The lowest BCUT2D eigenvalue weighted by atomic mass is 10.0. The van der Waals surface area contributed by atoms with Crippen LogP contribution in [0.5, 0.6) is 0 Å². The van der Waals surface area contributed by atoms with Crippen molar-refractivity contribution in [3.05, 3.63) is 65.1 Å². The Morgan fingerprint density at radius 1 is 0.789 bits per heavy atom. The zero-order chi connectivity index (χ0) is 12.7. The molecule has 0 spiro atoms. The number of allylic oxidation sites excluding steroid dienone is 8. The van der Waals surface area contributed by atoms with Crippen LogP contribution in [0.25, 0.3) is 0 Å². The fourth-order valence-electron chi connectivity index (χ4n) is 3.26. The molecule has 4 rings (SSSR count). The highest BCUT2D eigenvalue weighted by Crippen LogP contribution is 2.35. The Balaban J connectivity index is 1.76. The molecule has 96 valence electrons. The molecule has 1 saturated heterocycles. The monoisotopic (exact) mass is 252 g/mol. The summed E-state index contributed by atoms with van der Waals surface area (Å²) in [5.41, 5.74) is 3.10. The van der Waals surface area contributed by atoms with Crippen molar-refractivity contribution in [3.8, 4) is 0 Å². The van der Waals surface area contributed by atoms with Crippen molar-refractivity contribution in [1.82, 2.24) is 4.58 Å². The van der Waals surface area contributed by atoms with Crippen LogP contribution < -0.4 is 9.93 Å². The third-order valence-corrected chi connectivity index (χ3v) is 4.23. The molecule has 0 saturated carbocycles. The summed E-state index contributed by atoms with van der Waals surface area (Å²) in [6, 6.07) is 0.